The van der Waals surface area contributed by atoms with Crippen LogP contribution in [0, 0.1) is 6.92 Å². The molecule has 0 bridgehead atoms. The average Bonchev–Trinajstić information content (AvgIpc) is 3.21. The van der Waals surface area contributed by atoms with E-state index in [0.29, 0.717) is 12.5 Å². The summed E-state index contributed by atoms with van der Waals surface area (Å²) in [4.78, 5) is 11.0. The Kier molecular flexibility index (Phi) is 5.42. The van der Waals surface area contributed by atoms with Crippen molar-refractivity contribution in [3.8, 4) is 0 Å². The fourth-order valence-electron chi connectivity index (χ4n) is 4.08. The molecule has 0 amide bonds. The quantitative estimate of drug-likeness (QED) is 0.502. The van der Waals surface area contributed by atoms with Crippen LogP contribution >= 0.6 is 0 Å². The molecule has 6 nitrogen and oxygen atoms in total. The molecule has 4 aromatic rings. The average molecular weight is 423 g/mol. The minimum absolute atomic E-state index is 0.573. The van der Waals surface area contributed by atoms with Crippen LogP contribution in [-0.4, -0.2) is 32.5 Å². The van der Waals surface area contributed by atoms with E-state index in [1.54, 1.807) is 6.20 Å². The highest BCUT2D eigenvalue weighted by Gasteiger charge is 2.13. The fraction of sp³-hybridized carbons (Fsp3) is 0.192. The van der Waals surface area contributed by atoms with Crippen LogP contribution in [0.25, 0.3) is 10.8 Å². The van der Waals surface area contributed by atoms with Crippen molar-refractivity contribution >= 4 is 22.8 Å². The van der Waals surface area contributed by atoms with Crippen LogP contribution in [0.3, 0.4) is 0 Å². The number of hydrogen-bond donors (Lipinski definition) is 1. The number of nitrogens with two attached hydrogens (primary N) is 1. The van der Waals surface area contributed by atoms with E-state index in [2.05, 4.69) is 81.6 Å². The minimum atomic E-state index is 0.573. The lowest BCUT2D eigenvalue weighted by atomic mass is 10.0. The van der Waals surface area contributed by atoms with Crippen LogP contribution in [0.4, 0.5) is 5.82 Å². The number of benzene rings is 2. The summed E-state index contributed by atoms with van der Waals surface area (Å²) in [7, 11) is 0. The zero-order valence-electron chi connectivity index (χ0n) is 18.1. The van der Waals surface area contributed by atoms with E-state index in [0.717, 1.165) is 30.3 Å². The van der Waals surface area contributed by atoms with Crippen LogP contribution in [0.15, 0.2) is 83.9 Å². The lowest BCUT2D eigenvalue weighted by Crippen LogP contribution is -2.26. The molecule has 0 spiro atoms. The fourth-order valence-corrected chi connectivity index (χ4v) is 4.08. The summed E-state index contributed by atoms with van der Waals surface area (Å²) in [5, 5.41) is 6.49. The second-order valence-corrected chi connectivity index (χ2v) is 8.29. The van der Waals surface area contributed by atoms with Gasteiger partial charge in [-0.05, 0) is 52.8 Å². The van der Waals surface area contributed by atoms with E-state index in [4.69, 9.17) is 5.73 Å². The summed E-state index contributed by atoms with van der Waals surface area (Å²) >= 11 is 0. The Morgan fingerprint density at radius 2 is 1.78 bits per heavy atom. The standard InChI is InChI=1S/C26H26N6/c1-19-14-30-32(15-19)17-21-4-2-20(3-5-21)13-24-9-10-28-18-31(24)16-22-6-7-25-23(12-22)8-11-29-26(25)27/h2-12,14-15H,13,16-18H2,1H3,(H2,27,29). The number of allylic oxidation sites excluding steroid dienone is 2. The third kappa shape index (κ3) is 4.39. The third-order valence-corrected chi connectivity index (χ3v) is 5.78. The van der Waals surface area contributed by atoms with Crippen molar-refractivity contribution in [1.82, 2.24) is 19.7 Å². The highest BCUT2D eigenvalue weighted by atomic mass is 15.3. The molecule has 160 valence electrons. The molecular weight excluding hydrogens is 396 g/mol. The maximum atomic E-state index is 6.00. The molecule has 0 aliphatic carbocycles. The van der Waals surface area contributed by atoms with Crippen LogP contribution in [0.2, 0.25) is 0 Å². The maximum Gasteiger partial charge on any atom is 0.131 e. The molecule has 2 aromatic heterocycles. The number of aryl methyl sites for hydroxylation is 1. The molecule has 0 atom stereocenters. The molecule has 6 heteroatoms. The molecule has 2 N–H and O–H groups in total. The Morgan fingerprint density at radius 1 is 0.969 bits per heavy atom. The van der Waals surface area contributed by atoms with Gasteiger partial charge in [0.25, 0.3) is 0 Å². The van der Waals surface area contributed by atoms with Crippen molar-refractivity contribution in [3.63, 3.8) is 0 Å². The second kappa shape index (κ2) is 8.67. The number of hydrogen-bond acceptors (Lipinski definition) is 5. The lowest BCUT2D eigenvalue weighted by Gasteiger charge is -2.28. The largest absolute Gasteiger partial charge is 0.383 e. The highest BCUT2D eigenvalue weighted by molar-refractivity contribution is 5.91. The van der Waals surface area contributed by atoms with Gasteiger partial charge in [-0.2, -0.15) is 5.10 Å². The van der Waals surface area contributed by atoms with Crippen LogP contribution in [-0.2, 0) is 19.5 Å². The van der Waals surface area contributed by atoms with Gasteiger partial charge in [0.15, 0.2) is 0 Å². The molecule has 3 heterocycles. The van der Waals surface area contributed by atoms with Crippen molar-refractivity contribution in [2.45, 2.75) is 26.4 Å². The van der Waals surface area contributed by atoms with Gasteiger partial charge >= 0.3 is 0 Å². The molecule has 0 unspecified atom stereocenters. The first kappa shape index (κ1) is 20.0. The van der Waals surface area contributed by atoms with E-state index in [-0.39, 0.29) is 0 Å². The molecule has 1 aliphatic rings. The highest BCUT2D eigenvalue weighted by Crippen LogP contribution is 2.23. The lowest BCUT2D eigenvalue weighted by molar-refractivity contribution is 0.338. The smallest absolute Gasteiger partial charge is 0.131 e. The first-order valence-corrected chi connectivity index (χ1v) is 10.8. The Labute approximate surface area is 187 Å². The Hall–Kier alpha value is -3.93. The Balaban J connectivity index is 1.28. The van der Waals surface area contributed by atoms with Crippen molar-refractivity contribution in [3.05, 3.63) is 101 Å². The van der Waals surface area contributed by atoms with Gasteiger partial charge in [0.05, 0.1) is 12.7 Å². The second-order valence-electron chi connectivity index (χ2n) is 8.29. The molecular formula is C26H26N6. The number of pyridine rings is 1. The maximum absolute atomic E-state index is 6.00. The van der Waals surface area contributed by atoms with Gasteiger partial charge in [-0.3, -0.25) is 9.67 Å². The molecule has 2 aromatic carbocycles. The number of rotatable bonds is 6. The Bertz CT molecular complexity index is 1300. The molecule has 0 fully saturated rings. The zero-order valence-corrected chi connectivity index (χ0v) is 18.1. The van der Waals surface area contributed by atoms with Crippen LogP contribution < -0.4 is 5.73 Å². The van der Waals surface area contributed by atoms with E-state index in [1.807, 2.05) is 23.2 Å². The number of fused-ring (bicyclic) bond motifs is 1. The van der Waals surface area contributed by atoms with E-state index in [1.165, 1.54) is 28.0 Å². The van der Waals surface area contributed by atoms with Gasteiger partial charge in [-0.25, -0.2) is 4.98 Å². The third-order valence-electron chi connectivity index (χ3n) is 5.78. The molecule has 0 saturated carbocycles. The van der Waals surface area contributed by atoms with Crippen molar-refractivity contribution < 1.29 is 0 Å². The predicted octanol–water partition coefficient (Wildman–Crippen LogP) is 4.34. The molecule has 0 saturated heterocycles. The number of anilines is 1. The summed E-state index contributed by atoms with van der Waals surface area (Å²) in [6, 6.07) is 17.2. The van der Waals surface area contributed by atoms with Gasteiger partial charge in [-0.15, -0.1) is 0 Å². The first-order valence-electron chi connectivity index (χ1n) is 10.8. The van der Waals surface area contributed by atoms with Gasteiger partial charge in [-0.1, -0.05) is 36.4 Å². The number of nitrogens with zero attached hydrogens (tertiary/aromatic N) is 5. The summed E-state index contributed by atoms with van der Waals surface area (Å²) in [5.74, 6) is 0.573. The van der Waals surface area contributed by atoms with Crippen molar-refractivity contribution in [2.75, 3.05) is 12.4 Å². The van der Waals surface area contributed by atoms with Gasteiger partial charge in [0, 0.05) is 42.7 Å². The minimum Gasteiger partial charge on any atom is -0.383 e. The monoisotopic (exact) mass is 422 g/mol. The summed E-state index contributed by atoms with van der Waals surface area (Å²) in [5.41, 5.74) is 12.2. The van der Waals surface area contributed by atoms with E-state index in [9.17, 15) is 0 Å². The van der Waals surface area contributed by atoms with E-state index >= 15 is 0 Å². The van der Waals surface area contributed by atoms with Crippen molar-refractivity contribution in [1.29, 1.82) is 0 Å². The van der Waals surface area contributed by atoms with Crippen LogP contribution in [0.1, 0.15) is 22.3 Å². The summed E-state index contributed by atoms with van der Waals surface area (Å²) in [6.07, 6.45) is 10.6. The molecule has 0 radical (unpaired) electrons. The van der Waals surface area contributed by atoms with Crippen molar-refractivity contribution in [2.24, 2.45) is 4.99 Å². The number of aliphatic imine (C=N–C) groups is 1. The zero-order chi connectivity index (χ0) is 21.9. The Morgan fingerprint density at radius 3 is 2.59 bits per heavy atom. The normalized spacial score (nSPS) is 13.5. The van der Waals surface area contributed by atoms with Crippen LogP contribution in [0.5, 0.6) is 0 Å². The molecule has 1 aliphatic heterocycles. The predicted molar refractivity (Wildman–Crippen MR) is 129 cm³/mol. The molecule has 5 rings (SSSR count). The first-order chi connectivity index (χ1) is 15.6. The molecule has 32 heavy (non-hydrogen) atoms. The van der Waals surface area contributed by atoms with E-state index < -0.39 is 0 Å². The van der Waals surface area contributed by atoms with Gasteiger partial charge in [0.2, 0.25) is 0 Å². The summed E-state index contributed by atoms with van der Waals surface area (Å²) < 4.78 is 1.97. The SMILES string of the molecule is Cc1cnn(Cc2ccc(CC3=CC=NCN3Cc3ccc4c(N)nccc4c3)cc2)c1. The summed E-state index contributed by atoms with van der Waals surface area (Å²) in [6.45, 7) is 4.32. The van der Waals surface area contributed by atoms with Gasteiger partial charge < -0.3 is 10.6 Å². The number of aromatic nitrogens is 3. The topological polar surface area (TPSA) is 72.3 Å². The number of nitrogen functional groups attached to an aromatic ring is 1. The van der Waals surface area contributed by atoms with Gasteiger partial charge in [0.1, 0.15) is 12.5 Å².